The minimum Gasteiger partial charge on any atom is -0.481 e. The molecule has 1 amide bonds. The van der Waals surface area contributed by atoms with Gasteiger partial charge in [0.2, 0.25) is 5.91 Å². The maximum Gasteiger partial charge on any atom is 0.307 e. The number of ether oxygens (including phenoxy) is 1. The Morgan fingerprint density at radius 2 is 1.85 bits per heavy atom. The molecule has 6 nitrogen and oxygen atoms in total. The molecule has 1 fully saturated rings. The molecule has 1 aliphatic rings. The van der Waals surface area contributed by atoms with Gasteiger partial charge in [-0.1, -0.05) is 6.92 Å². The van der Waals surface area contributed by atoms with Gasteiger partial charge in [-0.2, -0.15) is 0 Å². The summed E-state index contributed by atoms with van der Waals surface area (Å²) in [7, 11) is 1.60. The molecule has 0 aromatic rings. The fraction of sp³-hybridized carbons (Fsp3) is 0.786. The van der Waals surface area contributed by atoms with Crippen LogP contribution in [0.25, 0.3) is 0 Å². The number of hydrogen-bond donors (Lipinski definition) is 1. The van der Waals surface area contributed by atoms with E-state index in [1.54, 1.807) is 14.0 Å². The monoisotopic (exact) mass is 285 g/mol. The van der Waals surface area contributed by atoms with Gasteiger partial charge in [0.25, 0.3) is 0 Å². The number of carboxylic acids is 1. The second-order valence-electron chi connectivity index (χ2n) is 5.44. The summed E-state index contributed by atoms with van der Waals surface area (Å²) in [5.41, 5.74) is 0. The SMILES string of the molecule is CCOC(=O)CCN(C)C(=O)[C@H]1CC(C)C[C@H]1C(=O)O. The molecule has 1 N–H and O–H groups in total. The van der Waals surface area contributed by atoms with Crippen LogP contribution in [0.2, 0.25) is 0 Å². The number of carbonyl (C=O) groups is 3. The van der Waals surface area contributed by atoms with E-state index in [0.29, 0.717) is 19.4 Å². The van der Waals surface area contributed by atoms with Crippen LogP contribution in [0.5, 0.6) is 0 Å². The molecule has 1 unspecified atom stereocenters. The largest absolute Gasteiger partial charge is 0.481 e. The number of esters is 1. The Kier molecular flexibility index (Phi) is 5.98. The lowest BCUT2D eigenvalue weighted by Gasteiger charge is -2.23. The number of rotatable bonds is 6. The Morgan fingerprint density at radius 3 is 2.40 bits per heavy atom. The van der Waals surface area contributed by atoms with Gasteiger partial charge in [0, 0.05) is 13.6 Å². The molecule has 0 bridgehead atoms. The van der Waals surface area contributed by atoms with E-state index in [1.165, 1.54) is 4.90 Å². The standard InChI is InChI=1S/C14H23NO5/c1-4-20-12(16)5-6-15(3)13(17)10-7-9(2)8-11(10)14(18)19/h9-11H,4-8H2,1-3H3,(H,18,19)/t9?,10-,11+/m0/s1. The highest BCUT2D eigenvalue weighted by molar-refractivity contribution is 5.85. The van der Waals surface area contributed by atoms with Gasteiger partial charge >= 0.3 is 11.9 Å². The highest BCUT2D eigenvalue weighted by Crippen LogP contribution is 2.37. The molecule has 1 aliphatic carbocycles. The molecule has 6 heteroatoms. The number of carboxylic acid groups (broad SMARTS) is 1. The second-order valence-corrected chi connectivity index (χ2v) is 5.44. The van der Waals surface area contributed by atoms with Crippen LogP contribution < -0.4 is 0 Å². The topological polar surface area (TPSA) is 83.9 Å². The Balaban J connectivity index is 2.55. The zero-order chi connectivity index (χ0) is 15.3. The zero-order valence-electron chi connectivity index (χ0n) is 12.3. The molecule has 0 saturated heterocycles. The molecule has 114 valence electrons. The number of aliphatic carboxylic acids is 1. The average molecular weight is 285 g/mol. The lowest BCUT2D eigenvalue weighted by Crippen LogP contribution is -2.38. The molecule has 1 rings (SSSR count). The predicted octanol–water partition coefficient (Wildman–Crippen LogP) is 1.14. The first-order chi connectivity index (χ1) is 9.36. The van der Waals surface area contributed by atoms with Crippen LogP contribution in [-0.4, -0.2) is 48.1 Å². The first-order valence-corrected chi connectivity index (χ1v) is 7.00. The summed E-state index contributed by atoms with van der Waals surface area (Å²) in [6, 6.07) is 0. The van der Waals surface area contributed by atoms with Crippen LogP contribution in [0.1, 0.15) is 33.1 Å². The molecular weight excluding hydrogens is 262 g/mol. The van der Waals surface area contributed by atoms with Crippen molar-refractivity contribution in [2.45, 2.75) is 33.1 Å². The second kappa shape index (κ2) is 7.26. The molecular formula is C14H23NO5. The fourth-order valence-corrected chi connectivity index (χ4v) is 2.72. The number of nitrogens with zero attached hydrogens (tertiary/aromatic N) is 1. The molecule has 0 spiro atoms. The average Bonchev–Trinajstić information content (AvgIpc) is 2.77. The molecule has 20 heavy (non-hydrogen) atoms. The van der Waals surface area contributed by atoms with E-state index in [0.717, 1.165) is 0 Å². The van der Waals surface area contributed by atoms with Crippen molar-refractivity contribution in [1.29, 1.82) is 0 Å². The first kappa shape index (κ1) is 16.5. The van der Waals surface area contributed by atoms with E-state index < -0.39 is 17.8 Å². The normalized spacial score (nSPS) is 25.2. The summed E-state index contributed by atoms with van der Waals surface area (Å²) in [6.45, 7) is 4.26. The van der Waals surface area contributed by atoms with Crippen molar-refractivity contribution in [2.75, 3.05) is 20.2 Å². The Hall–Kier alpha value is -1.59. The van der Waals surface area contributed by atoms with Crippen molar-refractivity contribution >= 4 is 17.8 Å². The smallest absolute Gasteiger partial charge is 0.307 e. The van der Waals surface area contributed by atoms with Crippen molar-refractivity contribution in [1.82, 2.24) is 4.90 Å². The van der Waals surface area contributed by atoms with Gasteiger partial charge in [0.05, 0.1) is 24.9 Å². The van der Waals surface area contributed by atoms with Crippen molar-refractivity contribution in [3.05, 3.63) is 0 Å². The van der Waals surface area contributed by atoms with Crippen LogP contribution in [0.15, 0.2) is 0 Å². The van der Waals surface area contributed by atoms with Gasteiger partial charge in [-0.15, -0.1) is 0 Å². The molecule has 0 heterocycles. The molecule has 0 aliphatic heterocycles. The summed E-state index contributed by atoms with van der Waals surface area (Å²) in [6.07, 6.45) is 1.27. The maximum atomic E-state index is 12.3. The van der Waals surface area contributed by atoms with Crippen molar-refractivity contribution in [2.24, 2.45) is 17.8 Å². The summed E-state index contributed by atoms with van der Waals surface area (Å²) < 4.78 is 4.80. The van der Waals surface area contributed by atoms with Crippen LogP contribution in [-0.2, 0) is 19.1 Å². The predicted molar refractivity (Wildman–Crippen MR) is 71.9 cm³/mol. The number of amides is 1. The van der Waals surface area contributed by atoms with Gasteiger partial charge < -0.3 is 14.7 Å². The van der Waals surface area contributed by atoms with Crippen LogP contribution >= 0.6 is 0 Å². The van der Waals surface area contributed by atoms with Crippen molar-refractivity contribution in [3.8, 4) is 0 Å². The third-order valence-electron chi connectivity index (χ3n) is 3.77. The Bertz CT molecular complexity index is 382. The van der Waals surface area contributed by atoms with Crippen LogP contribution in [0, 0.1) is 17.8 Å². The highest BCUT2D eigenvalue weighted by atomic mass is 16.5. The first-order valence-electron chi connectivity index (χ1n) is 7.00. The van der Waals surface area contributed by atoms with Gasteiger partial charge in [0.15, 0.2) is 0 Å². The van der Waals surface area contributed by atoms with Crippen molar-refractivity contribution in [3.63, 3.8) is 0 Å². The zero-order valence-corrected chi connectivity index (χ0v) is 12.3. The molecule has 3 atom stereocenters. The van der Waals surface area contributed by atoms with Crippen LogP contribution in [0.4, 0.5) is 0 Å². The lowest BCUT2D eigenvalue weighted by molar-refractivity contribution is -0.149. The van der Waals surface area contributed by atoms with Gasteiger partial charge in [-0.05, 0) is 25.7 Å². The quantitative estimate of drug-likeness (QED) is 0.740. The van der Waals surface area contributed by atoms with Gasteiger partial charge in [-0.25, -0.2) is 0 Å². The van der Waals surface area contributed by atoms with Crippen molar-refractivity contribution < 1.29 is 24.2 Å². The summed E-state index contributed by atoms with van der Waals surface area (Å²) in [4.78, 5) is 36.2. The van der Waals surface area contributed by atoms with E-state index in [-0.39, 0.29) is 30.8 Å². The number of hydrogen-bond acceptors (Lipinski definition) is 4. The molecule has 0 aromatic heterocycles. The summed E-state index contributed by atoms with van der Waals surface area (Å²) >= 11 is 0. The van der Waals surface area contributed by atoms with E-state index >= 15 is 0 Å². The Morgan fingerprint density at radius 1 is 1.25 bits per heavy atom. The molecule has 0 aromatic carbocycles. The third-order valence-corrected chi connectivity index (χ3v) is 3.77. The maximum absolute atomic E-state index is 12.3. The van der Waals surface area contributed by atoms with Gasteiger partial charge in [-0.3, -0.25) is 14.4 Å². The summed E-state index contributed by atoms with van der Waals surface area (Å²) in [5.74, 6) is -2.29. The minimum absolute atomic E-state index is 0.135. The minimum atomic E-state index is -0.911. The lowest BCUT2D eigenvalue weighted by atomic mass is 9.95. The van der Waals surface area contributed by atoms with Gasteiger partial charge in [0.1, 0.15) is 0 Å². The molecule has 1 saturated carbocycles. The van der Waals surface area contributed by atoms with E-state index in [1.807, 2.05) is 6.92 Å². The third kappa shape index (κ3) is 4.21. The van der Waals surface area contributed by atoms with Crippen LogP contribution in [0.3, 0.4) is 0 Å². The Labute approximate surface area is 119 Å². The van der Waals surface area contributed by atoms with E-state index in [9.17, 15) is 19.5 Å². The number of carbonyl (C=O) groups excluding carboxylic acids is 2. The summed E-state index contributed by atoms with van der Waals surface area (Å²) in [5, 5.41) is 9.18. The van der Waals surface area contributed by atoms with E-state index in [2.05, 4.69) is 0 Å². The molecule has 0 radical (unpaired) electrons. The fourth-order valence-electron chi connectivity index (χ4n) is 2.72. The highest BCUT2D eigenvalue weighted by Gasteiger charge is 2.42. The van der Waals surface area contributed by atoms with E-state index in [4.69, 9.17) is 4.74 Å².